The number of rotatable bonds is 7. The number of nitrogens with zero attached hydrogens (tertiary/aromatic N) is 1. The van der Waals surface area contributed by atoms with E-state index in [0.29, 0.717) is 33.4 Å². The zero-order valence-corrected chi connectivity index (χ0v) is 16.2. The van der Waals surface area contributed by atoms with Crippen LogP contribution in [0.1, 0.15) is 27.1 Å². The summed E-state index contributed by atoms with van der Waals surface area (Å²) in [4.78, 5) is 26.7. The summed E-state index contributed by atoms with van der Waals surface area (Å²) in [6.07, 6.45) is 0.855. The Balaban J connectivity index is 2.01. The Morgan fingerprint density at radius 2 is 1.69 bits per heavy atom. The highest BCUT2D eigenvalue weighted by Gasteiger charge is 2.12. The van der Waals surface area contributed by atoms with Gasteiger partial charge >= 0.3 is 0 Å². The molecular formula is C19H21Cl2N3O2. The van der Waals surface area contributed by atoms with Crippen LogP contribution in [0.3, 0.4) is 0 Å². The number of carbonyl (C=O) groups excluding carboxylic acids is 2. The van der Waals surface area contributed by atoms with E-state index in [0.717, 1.165) is 13.0 Å². The first-order chi connectivity index (χ1) is 12.4. The number of amides is 2. The molecule has 2 rings (SSSR count). The van der Waals surface area contributed by atoms with Crippen LogP contribution < -0.4 is 10.6 Å². The van der Waals surface area contributed by atoms with Crippen LogP contribution in [0.25, 0.3) is 0 Å². The molecule has 26 heavy (non-hydrogen) atoms. The lowest BCUT2D eigenvalue weighted by atomic mass is 10.1. The maximum atomic E-state index is 12.4. The Morgan fingerprint density at radius 3 is 2.35 bits per heavy atom. The number of halogens is 2. The number of hydrogen-bond donors (Lipinski definition) is 2. The molecule has 2 aromatic carbocycles. The van der Waals surface area contributed by atoms with E-state index in [1.165, 1.54) is 0 Å². The summed E-state index contributed by atoms with van der Waals surface area (Å²) in [5.41, 5.74) is 1.27. The Morgan fingerprint density at radius 1 is 1.00 bits per heavy atom. The summed E-state index contributed by atoms with van der Waals surface area (Å²) >= 11 is 11.9. The zero-order chi connectivity index (χ0) is 19.1. The predicted molar refractivity (Wildman–Crippen MR) is 106 cm³/mol. The molecule has 7 heteroatoms. The second-order valence-corrected chi connectivity index (χ2v) is 6.92. The van der Waals surface area contributed by atoms with Crippen LogP contribution >= 0.6 is 23.2 Å². The number of hydrogen-bond acceptors (Lipinski definition) is 3. The maximum Gasteiger partial charge on any atom is 0.255 e. The van der Waals surface area contributed by atoms with Gasteiger partial charge in [-0.05, 0) is 63.5 Å². The maximum absolute atomic E-state index is 12.4. The van der Waals surface area contributed by atoms with Crippen LogP contribution in [0.15, 0.2) is 42.5 Å². The molecule has 0 aliphatic heterocycles. The average molecular weight is 394 g/mol. The van der Waals surface area contributed by atoms with Crippen LogP contribution in [0.2, 0.25) is 10.0 Å². The average Bonchev–Trinajstić information content (AvgIpc) is 2.60. The molecule has 2 aromatic rings. The second kappa shape index (κ2) is 9.57. The minimum atomic E-state index is -0.350. The third kappa shape index (κ3) is 6.02. The van der Waals surface area contributed by atoms with Crippen LogP contribution in [0.5, 0.6) is 0 Å². The van der Waals surface area contributed by atoms with Crippen LogP contribution in [-0.4, -0.2) is 43.9 Å². The van der Waals surface area contributed by atoms with Crippen LogP contribution in [0.4, 0.5) is 5.69 Å². The number of carbonyl (C=O) groups is 2. The third-order valence-corrected chi connectivity index (χ3v) is 4.18. The van der Waals surface area contributed by atoms with Gasteiger partial charge in [-0.15, -0.1) is 0 Å². The van der Waals surface area contributed by atoms with Gasteiger partial charge in [0, 0.05) is 22.7 Å². The SMILES string of the molecule is CN(C)CCCNC(=O)c1cccc(C(=O)Nc2ccc(Cl)cc2Cl)c1. The Bertz CT molecular complexity index is 794. The summed E-state index contributed by atoms with van der Waals surface area (Å²) < 4.78 is 0. The van der Waals surface area contributed by atoms with E-state index in [2.05, 4.69) is 15.5 Å². The van der Waals surface area contributed by atoms with Gasteiger partial charge in [-0.2, -0.15) is 0 Å². The normalized spacial score (nSPS) is 10.7. The second-order valence-electron chi connectivity index (χ2n) is 6.07. The van der Waals surface area contributed by atoms with E-state index in [9.17, 15) is 9.59 Å². The molecule has 0 heterocycles. The fraction of sp³-hybridized carbons (Fsp3) is 0.263. The highest BCUT2D eigenvalue weighted by atomic mass is 35.5. The Hall–Kier alpha value is -2.08. The van der Waals surface area contributed by atoms with Gasteiger partial charge in [0.2, 0.25) is 0 Å². The van der Waals surface area contributed by atoms with E-state index in [1.54, 1.807) is 42.5 Å². The lowest BCUT2D eigenvalue weighted by Crippen LogP contribution is -2.27. The molecule has 0 bridgehead atoms. The number of benzene rings is 2. The molecular weight excluding hydrogens is 373 g/mol. The lowest BCUT2D eigenvalue weighted by Gasteiger charge is -2.11. The summed E-state index contributed by atoms with van der Waals surface area (Å²) in [6.45, 7) is 1.47. The summed E-state index contributed by atoms with van der Waals surface area (Å²) in [5, 5.41) is 6.41. The minimum Gasteiger partial charge on any atom is -0.352 e. The molecule has 0 saturated carbocycles. The third-order valence-electron chi connectivity index (χ3n) is 3.63. The van der Waals surface area contributed by atoms with Crippen molar-refractivity contribution in [1.29, 1.82) is 0 Å². The van der Waals surface area contributed by atoms with Gasteiger partial charge in [-0.3, -0.25) is 9.59 Å². The van der Waals surface area contributed by atoms with E-state index in [-0.39, 0.29) is 11.8 Å². The standard InChI is InChI=1S/C19H21Cl2N3O2/c1-24(2)10-4-9-22-18(25)13-5-3-6-14(11-13)19(26)23-17-8-7-15(20)12-16(17)21/h3,5-8,11-12H,4,9-10H2,1-2H3,(H,22,25)(H,23,26). The van der Waals surface area contributed by atoms with Gasteiger partial charge in [-0.1, -0.05) is 29.3 Å². The molecule has 2 N–H and O–H groups in total. The molecule has 0 unspecified atom stereocenters. The summed E-state index contributed by atoms with van der Waals surface area (Å²) in [7, 11) is 3.97. The Kier molecular flexibility index (Phi) is 7.45. The molecule has 138 valence electrons. The van der Waals surface area contributed by atoms with E-state index in [4.69, 9.17) is 23.2 Å². The van der Waals surface area contributed by atoms with E-state index < -0.39 is 0 Å². The quantitative estimate of drug-likeness (QED) is 0.700. The molecule has 5 nitrogen and oxygen atoms in total. The van der Waals surface area contributed by atoms with Gasteiger partial charge in [0.05, 0.1) is 10.7 Å². The molecule has 0 aromatic heterocycles. The zero-order valence-electron chi connectivity index (χ0n) is 14.7. The van der Waals surface area contributed by atoms with Crippen LogP contribution in [0, 0.1) is 0 Å². The van der Waals surface area contributed by atoms with Crippen molar-refractivity contribution in [2.45, 2.75) is 6.42 Å². The largest absolute Gasteiger partial charge is 0.352 e. The minimum absolute atomic E-state index is 0.206. The predicted octanol–water partition coefficient (Wildman–Crippen LogP) is 3.93. The first-order valence-corrected chi connectivity index (χ1v) is 8.92. The first-order valence-electron chi connectivity index (χ1n) is 8.16. The number of anilines is 1. The molecule has 2 amide bonds. The van der Waals surface area contributed by atoms with Gasteiger partial charge in [0.15, 0.2) is 0 Å². The number of nitrogens with one attached hydrogen (secondary N) is 2. The van der Waals surface area contributed by atoms with Crippen molar-refractivity contribution >= 4 is 40.7 Å². The topological polar surface area (TPSA) is 61.4 Å². The molecule has 0 spiro atoms. The first kappa shape index (κ1) is 20.2. The van der Waals surface area contributed by atoms with Gasteiger partial charge in [0.25, 0.3) is 11.8 Å². The van der Waals surface area contributed by atoms with Crippen molar-refractivity contribution in [3.8, 4) is 0 Å². The molecule has 0 aliphatic rings. The monoisotopic (exact) mass is 393 g/mol. The van der Waals surface area contributed by atoms with E-state index in [1.807, 2.05) is 14.1 Å². The summed E-state index contributed by atoms with van der Waals surface area (Å²) in [5.74, 6) is -0.556. The van der Waals surface area contributed by atoms with Crippen molar-refractivity contribution in [3.05, 3.63) is 63.6 Å². The fourth-order valence-corrected chi connectivity index (χ4v) is 2.74. The fourth-order valence-electron chi connectivity index (χ4n) is 2.29. The summed E-state index contributed by atoms with van der Waals surface area (Å²) in [6, 6.07) is 11.4. The van der Waals surface area contributed by atoms with Crippen molar-refractivity contribution in [2.24, 2.45) is 0 Å². The lowest BCUT2D eigenvalue weighted by molar-refractivity contribution is 0.0952. The molecule has 0 radical (unpaired) electrons. The van der Waals surface area contributed by atoms with Gasteiger partial charge in [0.1, 0.15) is 0 Å². The van der Waals surface area contributed by atoms with Gasteiger partial charge in [-0.25, -0.2) is 0 Å². The van der Waals surface area contributed by atoms with Gasteiger partial charge < -0.3 is 15.5 Å². The highest BCUT2D eigenvalue weighted by molar-refractivity contribution is 6.36. The van der Waals surface area contributed by atoms with E-state index >= 15 is 0 Å². The Labute approximate surface area is 163 Å². The van der Waals surface area contributed by atoms with Crippen LogP contribution in [-0.2, 0) is 0 Å². The van der Waals surface area contributed by atoms with Crippen molar-refractivity contribution in [3.63, 3.8) is 0 Å². The highest BCUT2D eigenvalue weighted by Crippen LogP contribution is 2.25. The van der Waals surface area contributed by atoms with Crippen molar-refractivity contribution in [1.82, 2.24) is 10.2 Å². The van der Waals surface area contributed by atoms with Crippen molar-refractivity contribution in [2.75, 3.05) is 32.5 Å². The smallest absolute Gasteiger partial charge is 0.255 e. The molecule has 0 saturated heterocycles. The molecule has 0 fully saturated rings. The molecule has 0 atom stereocenters. The molecule has 0 aliphatic carbocycles. The van der Waals surface area contributed by atoms with Crippen molar-refractivity contribution < 1.29 is 9.59 Å².